The highest BCUT2D eigenvalue weighted by Gasteiger charge is 2.15. The molecule has 106 valence electrons. The summed E-state index contributed by atoms with van der Waals surface area (Å²) >= 11 is 0. The van der Waals surface area contributed by atoms with Crippen LogP contribution in [0.1, 0.15) is 33.1 Å². The minimum Gasteiger partial charge on any atom is -0.330 e. The van der Waals surface area contributed by atoms with Crippen LogP contribution in [-0.4, -0.2) is 17.0 Å². The number of pyridine rings is 1. The van der Waals surface area contributed by atoms with Gasteiger partial charge in [0.2, 0.25) is 5.91 Å². The van der Waals surface area contributed by atoms with Gasteiger partial charge in [0.25, 0.3) is 5.56 Å². The van der Waals surface area contributed by atoms with Crippen LogP contribution in [0, 0.1) is 5.92 Å². The van der Waals surface area contributed by atoms with E-state index in [0.29, 0.717) is 18.8 Å². The molecule has 0 radical (unpaired) electrons. The molecule has 1 aromatic heterocycles. The normalized spacial score (nSPS) is 12.2. The summed E-state index contributed by atoms with van der Waals surface area (Å²) in [5.74, 6) is -0.248. The molecule has 1 amide bonds. The molecule has 1 atom stereocenters. The largest absolute Gasteiger partial charge is 0.330 e. The monoisotopic (exact) mass is 265 g/mol. The number of rotatable bonds is 7. The van der Waals surface area contributed by atoms with Crippen LogP contribution < -0.4 is 16.6 Å². The van der Waals surface area contributed by atoms with Crippen LogP contribution in [0.4, 0.5) is 5.69 Å². The van der Waals surface area contributed by atoms with Crippen LogP contribution in [0.3, 0.4) is 0 Å². The van der Waals surface area contributed by atoms with Crippen molar-refractivity contribution in [2.75, 3.05) is 11.9 Å². The van der Waals surface area contributed by atoms with E-state index in [0.717, 1.165) is 19.3 Å². The fraction of sp³-hybridized carbons (Fsp3) is 0.571. The number of amides is 1. The SMILES string of the molecule is CCCC(CN)C(=O)Nc1ccc(=O)n(CCC)c1. The quantitative estimate of drug-likeness (QED) is 0.785. The third-order valence-electron chi connectivity index (χ3n) is 3.01. The third kappa shape index (κ3) is 4.52. The average Bonchev–Trinajstić information content (AvgIpc) is 2.40. The molecule has 0 aliphatic rings. The van der Waals surface area contributed by atoms with Gasteiger partial charge < -0.3 is 15.6 Å². The maximum absolute atomic E-state index is 12.0. The lowest BCUT2D eigenvalue weighted by Gasteiger charge is -2.14. The van der Waals surface area contributed by atoms with Crippen molar-refractivity contribution >= 4 is 11.6 Å². The molecule has 5 nitrogen and oxygen atoms in total. The lowest BCUT2D eigenvalue weighted by Crippen LogP contribution is -2.29. The maximum Gasteiger partial charge on any atom is 0.250 e. The van der Waals surface area contributed by atoms with Gasteiger partial charge in [-0.1, -0.05) is 20.3 Å². The molecule has 0 saturated heterocycles. The minimum absolute atomic E-state index is 0.0521. The topological polar surface area (TPSA) is 77.1 Å². The van der Waals surface area contributed by atoms with E-state index < -0.39 is 0 Å². The second-order valence-corrected chi connectivity index (χ2v) is 4.66. The fourth-order valence-corrected chi connectivity index (χ4v) is 1.97. The summed E-state index contributed by atoms with van der Waals surface area (Å²) in [5.41, 5.74) is 6.19. The molecule has 1 heterocycles. The fourth-order valence-electron chi connectivity index (χ4n) is 1.97. The first-order valence-corrected chi connectivity index (χ1v) is 6.83. The molecule has 19 heavy (non-hydrogen) atoms. The molecule has 1 unspecified atom stereocenters. The van der Waals surface area contributed by atoms with Gasteiger partial charge in [0.15, 0.2) is 0 Å². The molecular weight excluding hydrogens is 242 g/mol. The van der Waals surface area contributed by atoms with E-state index in [1.165, 1.54) is 6.07 Å². The number of hydrogen-bond donors (Lipinski definition) is 2. The standard InChI is InChI=1S/C14H23N3O2/c1-3-5-11(9-15)14(19)16-12-6-7-13(18)17(10-12)8-4-2/h6-7,10-11H,3-5,8-9,15H2,1-2H3,(H,16,19). The molecule has 3 N–H and O–H groups in total. The van der Waals surface area contributed by atoms with Crippen molar-refractivity contribution in [3.05, 3.63) is 28.7 Å². The smallest absolute Gasteiger partial charge is 0.250 e. The van der Waals surface area contributed by atoms with Gasteiger partial charge in [0, 0.05) is 25.4 Å². The van der Waals surface area contributed by atoms with Crippen molar-refractivity contribution < 1.29 is 4.79 Å². The highest BCUT2D eigenvalue weighted by atomic mass is 16.2. The van der Waals surface area contributed by atoms with Crippen molar-refractivity contribution in [1.29, 1.82) is 0 Å². The first kappa shape index (κ1) is 15.4. The first-order chi connectivity index (χ1) is 9.12. The molecule has 5 heteroatoms. The molecule has 1 rings (SSSR count). The summed E-state index contributed by atoms with van der Waals surface area (Å²) in [6.07, 6.45) is 4.25. The third-order valence-corrected chi connectivity index (χ3v) is 3.01. The number of anilines is 1. The van der Waals surface area contributed by atoms with E-state index in [9.17, 15) is 9.59 Å². The Balaban J connectivity index is 2.78. The van der Waals surface area contributed by atoms with E-state index in [1.807, 2.05) is 13.8 Å². The van der Waals surface area contributed by atoms with Gasteiger partial charge >= 0.3 is 0 Å². The zero-order chi connectivity index (χ0) is 14.3. The molecule has 0 aliphatic heterocycles. The molecule has 0 aromatic carbocycles. The molecule has 0 fully saturated rings. The van der Waals surface area contributed by atoms with Gasteiger partial charge in [0.1, 0.15) is 0 Å². The van der Waals surface area contributed by atoms with Gasteiger partial charge in [-0.05, 0) is 18.9 Å². The van der Waals surface area contributed by atoms with Crippen molar-refractivity contribution in [3.8, 4) is 0 Å². The van der Waals surface area contributed by atoms with Crippen molar-refractivity contribution in [2.45, 2.75) is 39.7 Å². The number of nitrogens with one attached hydrogen (secondary N) is 1. The Hall–Kier alpha value is -1.62. The van der Waals surface area contributed by atoms with Crippen LogP contribution in [0.2, 0.25) is 0 Å². The van der Waals surface area contributed by atoms with Crippen LogP contribution >= 0.6 is 0 Å². The Bertz CT molecular complexity index is 468. The Morgan fingerprint density at radius 2 is 2.11 bits per heavy atom. The van der Waals surface area contributed by atoms with E-state index in [4.69, 9.17) is 5.73 Å². The number of nitrogens with zero attached hydrogens (tertiary/aromatic N) is 1. The highest BCUT2D eigenvalue weighted by Crippen LogP contribution is 2.10. The van der Waals surface area contributed by atoms with Crippen molar-refractivity contribution in [2.24, 2.45) is 11.7 Å². The molecule has 0 aliphatic carbocycles. The Morgan fingerprint density at radius 1 is 1.37 bits per heavy atom. The second kappa shape index (κ2) is 7.74. The lowest BCUT2D eigenvalue weighted by molar-refractivity contribution is -0.119. The molecule has 0 saturated carbocycles. The van der Waals surface area contributed by atoms with Gasteiger partial charge in [-0.15, -0.1) is 0 Å². The van der Waals surface area contributed by atoms with Crippen LogP contribution in [0.25, 0.3) is 0 Å². The summed E-state index contributed by atoms with van der Waals surface area (Å²) in [5, 5.41) is 2.83. The summed E-state index contributed by atoms with van der Waals surface area (Å²) < 4.78 is 1.60. The van der Waals surface area contributed by atoms with Crippen LogP contribution in [0.5, 0.6) is 0 Å². The summed E-state index contributed by atoms with van der Waals surface area (Å²) in [6, 6.07) is 3.11. The van der Waals surface area contributed by atoms with Gasteiger partial charge in [-0.25, -0.2) is 0 Å². The van der Waals surface area contributed by atoms with Crippen LogP contribution in [0.15, 0.2) is 23.1 Å². The molecule has 0 spiro atoms. The maximum atomic E-state index is 12.0. The highest BCUT2D eigenvalue weighted by molar-refractivity contribution is 5.92. The average molecular weight is 265 g/mol. The van der Waals surface area contributed by atoms with Gasteiger partial charge in [-0.2, -0.15) is 0 Å². The molecular formula is C14H23N3O2. The lowest BCUT2D eigenvalue weighted by atomic mass is 10.0. The number of nitrogens with two attached hydrogens (primary N) is 1. The molecule has 0 bridgehead atoms. The Labute approximate surface area is 113 Å². The van der Waals surface area contributed by atoms with E-state index in [-0.39, 0.29) is 17.4 Å². The summed E-state index contributed by atoms with van der Waals surface area (Å²) in [7, 11) is 0. The second-order valence-electron chi connectivity index (χ2n) is 4.66. The van der Waals surface area contributed by atoms with Crippen molar-refractivity contribution in [3.63, 3.8) is 0 Å². The van der Waals surface area contributed by atoms with E-state index >= 15 is 0 Å². The first-order valence-electron chi connectivity index (χ1n) is 6.83. The summed E-state index contributed by atoms with van der Waals surface area (Å²) in [4.78, 5) is 23.6. The molecule has 1 aromatic rings. The van der Waals surface area contributed by atoms with Gasteiger partial charge in [-0.3, -0.25) is 9.59 Å². The Kier molecular flexibility index (Phi) is 6.29. The zero-order valence-electron chi connectivity index (χ0n) is 11.7. The number of carbonyl (C=O) groups is 1. The van der Waals surface area contributed by atoms with Crippen molar-refractivity contribution in [1.82, 2.24) is 4.57 Å². The minimum atomic E-state index is -0.170. The number of aromatic nitrogens is 1. The summed E-state index contributed by atoms with van der Waals surface area (Å²) in [6.45, 7) is 5.02. The Morgan fingerprint density at radius 3 is 2.68 bits per heavy atom. The number of hydrogen-bond acceptors (Lipinski definition) is 3. The van der Waals surface area contributed by atoms with Crippen LogP contribution in [-0.2, 0) is 11.3 Å². The predicted octanol–water partition coefficient (Wildman–Crippen LogP) is 1.57. The van der Waals surface area contributed by atoms with E-state index in [1.54, 1.807) is 16.8 Å². The predicted molar refractivity (Wildman–Crippen MR) is 77.1 cm³/mol. The zero-order valence-corrected chi connectivity index (χ0v) is 11.7. The number of aryl methyl sites for hydroxylation is 1. The van der Waals surface area contributed by atoms with Gasteiger partial charge in [0.05, 0.1) is 11.6 Å². The van der Waals surface area contributed by atoms with E-state index in [2.05, 4.69) is 5.32 Å². The number of carbonyl (C=O) groups excluding carboxylic acids is 1.